The van der Waals surface area contributed by atoms with E-state index in [9.17, 15) is 4.39 Å². The largest absolute Gasteiger partial charge is 0.477 e. The van der Waals surface area contributed by atoms with Gasteiger partial charge in [0.15, 0.2) is 11.9 Å². The van der Waals surface area contributed by atoms with Crippen molar-refractivity contribution in [1.29, 1.82) is 0 Å². The number of hydrogen-bond donors (Lipinski definition) is 1. The highest BCUT2D eigenvalue weighted by Crippen LogP contribution is 2.40. The standard InChI is InChI=1S/C12H9ClFNO2/c13-8-4-7(14)5-9-12(8)17-11(6-15-9)10-2-1-3-16-10/h1-5,11,15H,6H2. The van der Waals surface area contributed by atoms with E-state index in [1.807, 2.05) is 6.07 Å². The van der Waals surface area contributed by atoms with Gasteiger partial charge < -0.3 is 14.5 Å². The van der Waals surface area contributed by atoms with Gasteiger partial charge in [0.2, 0.25) is 0 Å². The maximum Gasteiger partial charge on any atom is 0.173 e. The van der Waals surface area contributed by atoms with E-state index in [1.165, 1.54) is 12.1 Å². The third-order valence-electron chi connectivity index (χ3n) is 2.61. The van der Waals surface area contributed by atoms with Crippen molar-refractivity contribution in [3.05, 3.63) is 47.1 Å². The summed E-state index contributed by atoms with van der Waals surface area (Å²) >= 11 is 5.94. The highest BCUT2D eigenvalue weighted by molar-refractivity contribution is 6.32. The van der Waals surface area contributed by atoms with Gasteiger partial charge in [-0.1, -0.05) is 11.6 Å². The van der Waals surface area contributed by atoms with E-state index in [2.05, 4.69) is 5.32 Å². The van der Waals surface area contributed by atoms with Crippen molar-refractivity contribution in [3.63, 3.8) is 0 Å². The van der Waals surface area contributed by atoms with Gasteiger partial charge in [-0.15, -0.1) is 0 Å². The lowest BCUT2D eigenvalue weighted by molar-refractivity contribution is 0.181. The van der Waals surface area contributed by atoms with E-state index in [-0.39, 0.29) is 16.9 Å². The van der Waals surface area contributed by atoms with Crippen LogP contribution in [0.4, 0.5) is 10.1 Å². The van der Waals surface area contributed by atoms with Gasteiger partial charge in [0, 0.05) is 6.07 Å². The lowest BCUT2D eigenvalue weighted by atomic mass is 10.2. The quantitative estimate of drug-likeness (QED) is 0.843. The smallest absolute Gasteiger partial charge is 0.173 e. The number of nitrogens with one attached hydrogen (secondary N) is 1. The first kappa shape index (κ1) is 10.5. The van der Waals surface area contributed by atoms with Crippen LogP contribution in [0.3, 0.4) is 0 Å². The highest BCUT2D eigenvalue weighted by Gasteiger charge is 2.25. The Morgan fingerprint density at radius 2 is 2.29 bits per heavy atom. The molecule has 88 valence electrons. The Bertz CT molecular complexity index is 542. The van der Waals surface area contributed by atoms with Crippen molar-refractivity contribution in [2.75, 3.05) is 11.9 Å². The summed E-state index contributed by atoms with van der Waals surface area (Å²) in [6, 6.07) is 6.21. The van der Waals surface area contributed by atoms with Crippen LogP contribution in [0.2, 0.25) is 5.02 Å². The fraction of sp³-hybridized carbons (Fsp3) is 0.167. The zero-order valence-electron chi connectivity index (χ0n) is 8.74. The molecule has 3 rings (SSSR count). The first-order chi connectivity index (χ1) is 8.24. The topological polar surface area (TPSA) is 34.4 Å². The normalized spacial score (nSPS) is 18.1. The lowest BCUT2D eigenvalue weighted by Crippen LogP contribution is -2.23. The Morgan fingerprint density at radius 3 is 3.06 bits per heavy atom. The monoisotopic (exact) mass is 253 g/mol. The molecule has 0 saturated heterocycles. The van der Waals surface area contributed by atoms with Gasteiger partial charge in [0.25, 0.3) is 0 Å². The van der Waals surface area contributed by atoms with Gasteiger partial charge in [-0.25, -0.2) is 4.39 Å². The van der Waals surface area contributed by atoms with Gasteiger partial charge in [-0.2, -0.15) is 0 Å². The fourth-order valence-corrected chi connectivity index (χ4v) is 2.08. The molecule has 0 bridgehead atoms. The van der Waals surface area contributed by atoms with E-state index in [0.717, 1.165) is 0 Å². The third-order valence-corrected chi connectivity index (χ3v) is 2.89. The zero-order chi connectivity index (χ0) is 11.8. The van der Waals surface area contributed by atoms with E-state index < -0.39 is 0 Å². The summed E-state index contributed by atoms with van der Waals surface area (Å²) in [6.07, 6.45) is 1.33. The van der Waals surface area contributed by atoms with Crippen molar-refractivity contribution in [2.45, 2.75) is 6.10 Å². The number of hydrogen-bond acceptors (Lipinski definition) is 3. The molecule has 17 heavy (non-hydrogen) atoms. The van der Waals surface area contributed by atoms with Gasteiger partial charge in [-0.05, 0) is 18.2 Å². The first-order valence-electron chi connectivity index (χ1n) is 5.17. The van der Waals surface area contributed by atoms with Crippen LogP contribution in [0.15, 0.2) is 34.9 Å². The second-order valence-corrected chi connectivity index (χ2v) is 4.17. The first-order valence-corrected chi connectivity index (χ1v) is 5.55. The average Bonchev–Trinajstić information content (AvgIpc) is 2.82. The molecule has 0 saturated carbocycles. The van der Waals surface area contributed by atoms with Gasteiger partial charge in [0.05, 0.1) is 23.5 Å². The third kappa shape index (κ3) is 1.85. The molecule has 1 aromatic carbocycles. The summed E-state index contributed by atoms with van der Waals surface area (Å²) in [5.74, 6) is 0.783. The minimum Gasteiger partial charge on any atom is -0.477 e. The molecule has 1 aromatic heterocycles. The molecule has 5 heteroatoms. The van der Waals surface area contributed by atoms with Crippen LogP contribution in [-0.2, 0) is 0 Å². The maximum absolute atomic E-state index is 13.1. The Balaban J connectivity index is 1.95. The van der Waals surface area contributed by atoms with Gasteiger partial charge in [0.1, 0.15) is 11.6 Å². The predicted octanol–water partition coefficient (Wildman–Crippen LogP) is 3.62. The number of furan rings is 1. The molecule has 1 unspecified atom stereocenters. The van der Waals surface area contributed by atoms with Crippen molar-refractivity contribution < 1.29 is 13.5 Å². The van der Waals surface area contributed by atoms with Crippen molar-refractivity contribution in [2.24, 2.45) is 0 Å². The van der Waals surface area contributed by atoms with Gasteiger partial charge in [-0.3, -0.25) is 0 Å². The second-order valence-electron chi connectivity index (χ2n) is 3.77. The number of ether oxygens (including phenoxy) is 1. The number of anilines is 1. The van der Waals surface area contributed by atoms with Crippen LogP contribution in [0.5, 0.6) is 5.75 Å². The molecular formula is C12H9ClFNO2. The fourth-order valence-electron chi connectivity index (χ4n) is 1.83. The average molecular weight is 254 g/mol. The molecule has 1 N–H and O–H groups in total. The lowest BCUT2D eigenvalue weighted by Gasteiger charge is -2.26. The number of fused-ring (bicyclic) bond motifs is 1. The van der Waals surface area contributed by atoms with Gasteiger partial charge >= 0.3 is 0 Å². The molecule has 2 heterocycles. The van der Waals surface area contributed by atoms with Crippen molar-refractivity contribution in [1.82, 2.24) is 0 Å². The molecule has 1 atom stereocenters. The van der Waals surface area contributed by atoms with Crippen LogP contribution >= 0.6 is 11.6 Å². The minimum atomic E-state index is -0.388. The Hall–Kier alpha value is -1.68. The van der Waals surface area contributed by atoms with E-state index in [1.54, 1.807) is 12.3 Å². The second kappa shape index (κ2) is 3.96. The molecule has 3 nitrogen and oxygen atoms in total. The molecule has 0 spiro atoms. The molecule has 0 radical (unpaired) electrons. The number of rotatable bonds is 1. The summed E-state index contributed by atoms with van der Waals surface area (Å²) in [5.41, 5.74) is 0.567. The summed E-state index contributed by atoms with van der Waals surface area (Å²) in [5, 5.41) is 3.33. The highest BCUT2D eigenvalue weighted by atomic mass is 35.5. The van der Waals surface area contributed by atoms with Crippen molar-refractivity contribution in [3.8, 4) is 5.75 Å². The Labute approximate surface area is 102 Å². The van der Waals surface area contributed by atoms with Crippen LogP contribution in [-0.4, -0.2) is 6.54 Å². The van der Waals surface area contributed by atoms with E-state index in [4.69, 9.17) is 20.8 Å². The zero-order valence-corrected chi connectivity index (χ0v) is 9.50. The SMILES string of the molecule is Fc1cc(Cl)c2c(c1)NCC(c1ccco1)O2. The van der Waals surface area contributed by atoms with Crippen LogP contribution in [0.1, 0.15) is 11.9 Å². The molecular weight excluding hydrogens is 245 g/mol. The molecule has 1 aliphatic heterocycles. The summed E-state index contributed by atoms with van der Waals surface area (Å²) < 4.78 is 24.1. The summed E-state index contributed by atoms with van der Waals surface area (Å²) in [7, 11) is 0. The van der Waals surface area contributed by atoms with Crippen LogP contribution in [0.25, 0.3) is 0 Å². The summed E-state index contributed by atoms with van der Waals surface area (Å²) in [6.45, 7) is 0.514. The molecule has 2 aromatic rings. The van der Waals surface area contributed by atoms with E-state index >= 15 is 0 Å². The minimum absolute atomic E-state index is 0.250. The Kier molecular flexibility index (Phi) is 2.44. The van der Waals surface area contributed by atoms with E-state index in [0.29, 0.717) is 23.7 Å². The number of benzene rings is 1. The maximum atomic E-state index is 13.1. The van der Waals surface area contributed by atoms with Crippen molar-refractivity contribution >= 4 is 17.3 Å². The van der Waals surface area contributed by atoms with Crippen LogP contribution in [0, 0.1) is 5.82 Å². The molecule has 1 aliphatic rings. The van der Waals surface area contributed by atoms with Crippen LogP contribution < -0.4 is 10.1 Å². The molecule has 0 aliphatic carbocycles. The predicted molar refractivity (Wildman–Crippen MR) is 62.0 cm³/mol. The summed E-state index contributed by atoms with van der Waals surface area (Å²) in [4.78, 5) is 0. The molecule has 0 fully saturated rings. The molecule has 0 amide bonds. The number of halogens is 2. The Morgan fingerprint density at radius 1 is 1.41 bits per heavy atom.